The van der Waals surface area contributed by atoms with Crippen LogP contribution in [-0.2, 0) is 5.54 Å². The van der Waals surface area contributed by atoms with E-state index < -0.39 is 0 Å². The van der Waals surface area contributed by atoms with Crippen molar-refractivity contribution in [2.24, 2.45) is 0 Å². The Labute approximate surface area is 107 Å². The number of rotatable bonds is 1. The molecular formula is C13H20N4O. The summed E-state index contributed by atoms with van der Waals surface area (Å²) in [5.74, 6) is 0.538. The van der Waals surface area contributed by atoms with Gasteiger partial charge >= 0.3 is 0 Å². The zero-order chi connectivity index (χ0) is 13.6. The minimum absolute atomic E-state index is 0.0674. The van der Waals surface area contributed by atoms with Gasteiger partial charge in [0.25, 0.3) is 0 Å². The van der Waals surface area contributed by atoms with E-state index in [1.807, 2.05) is 25.3 Å². The van der Waals surface area contributed by atoms with Crippen LogP contribution in [0, 0.1) is 0 Å². The first-order valence-corrected chi connectivity index (χ1v) is 6.06. The number of ether oxygens (including phenoxy) is 1. The van der Waals surface area contributed by atoms with Crippen LogP contribution in [0.4, 0.5) is 0 Å². The number of hydrogen-bond donors (Lipinski definition) is 0. The Balaban J connectivity index is 2.56. The Morgan fingerprint density at radius 3 is 2.22 bits per heavy atom. The number of aromatic nitrogens is 4. The van der Waals surface area contributed by atoms with Gasteiger partial charge in [-0.05, 0) is 41.5 Å². The summed E-state index contributed by atoms with van der Waals surface area (Å²) in [5.41, 5.74) is 1.15. The Bertz CT molecular complexity index is 560. The van der Waals surface area contributed by atoms with Crippen LogP contribution >= 0.6 is 0 Å². The van der Waals surface area contributed by atoms with Gasteiger partial charge in [-0.15, -0.1) is 0 Å². The fourth-order valence-corrected chi connectivity index (χ4v) is 1.67. The van der Waals surface area contributed by atoms with Gasteiger partial charge in [-0.25, -0.2) is 9.97 Å². The van der Waals surface area contributed by atoms with E-state index in [9.17, 15) is 0 Å². The zero-order valence-electron chi connectivity index (χ0n) is 11.9. The van der Waals surface area contributed by atoms with Crippen molar-refractivity contribution in [1.82, 2.24) is 19.5 Å². The van der Waals surface area contributed by atoms with Gasteiger partial charge in [-0.3, -0.25) is 0 Å². The molecule has 2 rings (SSSR count). The molecule has 0 radical (unpaired) electrons. The summed E-state index contributed by atoms with van der Waals surface area (Å²) in [4.78, 5) is 12.9. The molecule has 0 saturated carbocycles. The van der Waals surface area contributed by atoms with Crippen molar-refractivity contribution < 1.29 is 4.74 Å². The van der Waals surface area contributed by atoms with E-state index >= 15 is 0 Å². The predicted molar refractivity (Wildman–Crippen MR) is 70.7 cm³/mol. The van der Waals surface area contributed by atoms with Crippen LogP contribution in [0.1, 0.15) is 41.5 Å². The summed E-state index contributed by atoms with van der Waals surface area (Å²) in [7, 11) is 0. The second-order valence-electron chi connectivity index (χ2n) is 6.35. The highest BCUT2D eigenvalue weighted by Gasteiger charge is 2.21. The van der Waals surface area contributed by atoms with Crippen LogP contribution in [0.2, 0.25) is 0 Å². The molecule has 0 aliphatic heterocycles. The maximum atomic E-state index is 5.81. The van der Waals surface area contributed by atoms with Gasteiger partial charge in [0, 0.05) is 5.54 Å². The standard InChI is InChI=1S/C13H20N4O/c1-12(2,3)17-8-16-9-10(17)14-7-15-11(9)18-13(4,5)6/h7-8H,1-6H3. The number of nitrogens with zero attached hydrogens (tertiary/aromatic N) is 4. The highest BCUT2D eigenvalue weighted by atomic mass is 16.5. The van der Waals surface area contributed by atoms with E-state index in [1.165, 1.54) is 6.33 Å². The summed E-state index contributed by atoms with van der Waals surface area (Å²) in [5, 5.41) is 0. The van der Waals surface area contributed by atoms with Gasteiger partial charge in [-0.2, -0.15) is 4.98 Å². The Morgan fingerprint density at radius 1 is 1.00 bits per heavy atom. The molecule has 0 aromatic carbocycles. The van der Waals surface area contributed by atoms with E-state index in [-0.39, 0.29) is 11.1 Å². The second kappa shape index (κ2) is 3.93. The Hall–Kier alpha value is -1.65. The molecule has 0 spiro atoms. The molecule has 0 fully saturated rings. The number of imidazole rings is 1. The Kier molecular flexibility index (Phi) is 2.80. The molecule has 0 atom stereocenters. The molecule has 0 unspecified atom stereocenters. The third-order valence-corrected chi connectivity index (χ3v) is 2.43. The van der Waals surface area contributed by atoms with E-state index in [4.69, 9.17) is 4.74 Å². The molecule has 98 valence electrons. The average Bonchev–Trinajstić information content (AvgIpc) is 2.58. The van der Waals surface area contributed by atoms with Crippen molar-refractivity contribution in [3.63, 3.8) is 0 Å². The van der Waals surface area contributed by atoms with Crippen molar-refractivity contribution >= 4 is 11.2 Å². The largest absolute Gasteiger partial charge is 0.470 e. The topological polar surface area (TPSA) is 52.8 Å². The second-order valence-corrected chi connectivity index (χ2v) is 6.35. The first kappa shape index (κ1) is 12.8. The maximum absolute atomic E-state index is 5.81. The van der Waals surface area contributed by atoms with Crippen LogP contribution in [-0.4, -0.2) is 25.1 Å². The van der Waals surface area contributed by atoms with Gasteiger partial charge in [0.1, 0.15) is 11.9 Å². The van der Waals surface area contributed by atoms with Crippen LogP contribution < -0.4 is 4.74 Å². The lowest BCUT2D eigenvalue weighted by atomic mass is 10.1. The monoisotopic (exact) mass is 248 g/mol. The quantitative estimate of drug-likeness (QED) is 0.778. The first-order chi connectivity index (χ1) is 8.18. The van der Waals surface area contributed by atoms with E-state index in [2.05, 4.69) is 35.7 Å². The highest BCUT2D eigenvalue weighted by molar-refractivity contribution is 5.76. The third-order valence-electron chi connectivity index (χ3n) is 2.43. The first-order valence-electron chi connectivity index (χ1n) is 6.06. The minimum atomic E-state index is -0.299. The lowest BCUT2D eigenvalue weighted by molar-refractivity contribution is 0.126. The van der Waals surface area contributed by atoms with E-state index in [0.717, 1.165) is 5.65 Å². The van der Waals surface area contributed by atoms with Crippen molar-refractivity contribution in [2.75, 3.05) is 0 Å². The van der Waals surface area contributed by atoms with Crippen LogP contribution in [0.25, 0.3) is 11.2 Å². The maximum Gasteiger partial charge on any atom is 0.245 e. The average molecular weight is 248 g/mol. The summed E-state index contributed by atoms with van der Waals surface area (Å²) < 4.78 is 7.84. The third kappa shape index (κ3) is 2.44. The Morgan fingerprint density at radius 2 is 1.67 bits per heavy atom. The van der Waals surface area contributed by atoms with Crippen LogP contribution in [0.15, 0.2) is 12.7 Å². The van der Waals surface area contributed by atoms with Crippen LogP contribution in [0.5, 0.6) is 5.88 Å². The van der Waals surface area contributed by atoms with Crippen molar-refractivity contribution in [2.45, 2.75) is 52.7 Å². The minimum Gasteiger partial charge on any atom is -0.470 e. The predicted octanol–water partition coefficient (Wildman–Crippen LogP) is 2.76. The van der Waals surface area contributed by atoms with Gasteiger partial charge in [0.2, 0.25) is 5.88 Å². The zero-order valence-corrected chi connectivity index (χ0v) is 11.9. The lowest BCUT2D eigenvalue weighted by Gasteiger charge is -2.22. The molecule has 0 N–H and O–H groups in total. The normalized spacial score (nSPS) is 13.0. The molecule has 0 amide bonds. The molecule has 0 saturated heterocycles. The highest BCUT2D eigenvalue weighted by Crippen LogP contribution is 2.26. The van der Waals surface area contributed by atoms with E-state index in [0.29, 0.717) is 11.4 Å². The number of hydrogen-bond acceptors (Lipinski definition) is 4. The van der Waals surface area contributed by atoms with Crippen LogP contribution in [0.3, 0.4) is 0 Å². The smallest absolute Gasteiger partial charge is 0.245 e. The molecule has 2 aromatic heterocycles. The molecular weight excluding hydrogens is 228 g/mol. The molecule has 5 heteroatoms. The molecule has 0 aliphatic rings. The molecule has 2 aromatic rings. The molecule has 5 nitrogen and oxygen atoms in total. The number of fused-ring (bicyclic) bond motifs is 1. The van der Waals surface area contributed by atoms with Crippen molar-refractivity contribution in [1.29, 1.82) is 0 Å². The molecule has 0 aliphatic carbocycles. The van der Waals surface area contributed by atoms with Gasteiger partial charge in [0.05, 0.1) is 6.33 Å². The summed E-state index contributed by atoms with van der Waals surface area (Å²) in [6.07, 6.45) is 3.31. The SMILES string of the molecule is CC(C)(C)Oc1ncnc2c1ncn2C(C)(C)C. The van der Waals surface area contributed by atoms with Gasteiger partial charge < -0.3 is 9.30 Å². The van der Waals surface area contributed by atoms with Crippen molar-refractivity contribution in [3.05, 3.63) is 12.7 Å². The van der Waals surface area contributed by atoms with Gasteiger partial charge in [-0.1, -0.05) is 0 Å². The fourth-order valence-electron chi connectivity index (χ4n) is 1.67. The molecule has 18 heavy (non-hydrogen) atoms. The van der Waals surface area contributed by atoms with E-state index in [1.54, 1.807) is 6.33 Å². The molecule has 2 heterocycles. The van der Waals surface area contributed by atoms with Crippen molar-refractivity contribution in [3.8, 4) is 5.88 Å². The summed E-state index contributed by atoms with van der Waals surface area (Å²) in [6, 6.07) is 0. The molecule has 0 bridgehead atoms. The van der Waals surface area contributed by atoms with Gasteiger partial charge in [0.15, 0.2) is 11.2 Å². The summed E-state index contributed by atoms with van der Waals surface area (Å²) in [6.45, 7) is 12.3. The lowest BCUT2D eigenvalue weighted by Crippen LogP contribution is -2.24. The fraction of sp³-hybridized carbons (Fsp3) is 0.615. The summed E-state index contributed by atoms with van der Waals surface area (Å²) >= 11 is 0.